The molecule has 1 aliphatic rings. The molecule has 1 aromatic carbocycles. The molecular weight excluding hydrogens is 240 g/mol. The molecule has 2 rings (SSSR count). The van der Waals surface area contributed by atoms with Crippen molar-refractivity contribution in [1.82, 2.24) is 5.32 Å². The molecule has 4 heteroatoms. The highest BCUT2D eigenvalue weighted by Gasteiger charge is 2.30. The Hall–Kier alpha value is -1.55. The van der Waals surface area contributed by atoms with Crippen LogP contribution in [0.25, 0.3) is 0 Å². The number of amides is 1. The maximum Gasteiger partial charge on any atom is 0.231 e. The van der Waals surface area contributed by atoms with Crippen LogP contribution in [-0.4, -0.2) is 25.1 Å². The summed E-state index contributed by atoms with van der Waals surface area (Å²) in [6.45, 7) is 5.15. The van der Waals surface area contributed by atoms with Gasteiger partial charge in [0.25, 0.3) is 0 Å². The number of para-hydroxylation sites is 1. The lowest BCUT2D eigenvalue weighted by Crippen LogP contribution is -2.43. The van der Waals surface area contributed by atoms with Crippen LogP contribution in [0.3, 0.4) is 0 Å². The van der Waals surface area contributed by atoms with Crippen molar-refractivity contribution in [3.05, 3.63) is 29.8 Å². The molecule has 104 valence electrons. The Bertz CT molecular complexity index is 446. The fraction of sp³-hybridized carbons (Fsp3) is 0.533. The van der Waals surface area contributed by atoms with E-state index in [-0.39, 0.29) is 17.9 Å². The second kappa shape index (κ2) is 6.06. The highest BCUT2D eigenvalue weighted by atomic mass is 16.5. The van der Waals surface area contributed by atoms with Crippen LogP contribution < -0.4 is 15.8 Å². The Balaban J connectivity index is 2.01. The van der Waals surface area contributed by atoms with Gasteiger partial charge in [-0.3, -0.25) is 4.79 Å². The largest absolute Gasteiger partial charge is 0.492 e. The molecule has 3 N–H and O–H groups in total. The molecule has 0 spiro atoms. The van der Waals surface area contributed by atoms with Gasteiger partial charge >= 0.3 is 0 Å². The lowest BCUT2D eigenvalue weighted by atomic mass is 9.98. The Labute approximate surface area is 114 Å². The number of nitrogens with two attached hydrogens (primary N) is 1. The number of carbonyl (C=O) groups excluding carboxylic acids is 1. The van der Waals surface area contributed by atoms with E-state index in [1.807, 2.05) is 24.3 Å². The summed E-state index contributed by atoms with van der Waals surface area (Å²) in [7, 11) is 0. The van der Waals surface area contributed by atoms with Gasteiger partial charge in [0.05, 0.1) is 0 Å². The van der Waals surface area contributed by atoms with Crippen molar-refractivity contribution in [3.8, 4) is 5.75 Å². The first-order valence-corrected chi connectivity index (χ1v) is 6.84. The van der Waals surface area contributed by atoms with Crippen molar-refractivity contribution in [2.45, 2.75) is 32.2 Å². The standard InChI is InChI=1S/C15H22N2O2/c1-10(2)7-11(8-16)17-15(18)13-9-19-14-6-4-3-5-12(13)14/h3-6,10-11,13H,7-9,16H2,1-2H3,(H,17,18). The summed E-state index contributed by atoms with van der Waals surface area (Å²) in [6.07, 6.45) is 0.900. The minimum Gasteiger partial charge on any atom is -0.492 e. The second-order valence-electron chi connectivity index (χ2n) is 5.47. The lowest BCUT2D eigenvalue weighted by Gasteiger charge is -2.20. The summed E-state index contributed by atoms with van der Waals surface area (Å²) in [5.41, 5.74) is 6.69. The topological polar surface area (TPSA) is 64.3 Å². The van der Waals surface area contributed by atoms with Gasteiger partial charge < -0.3 is 15.8 Å². The van der Waals surface area contributed by atoms with Crippen LogP contribution in [0.15, 0.2) is 24.3 Å². The van der Waals surface area contributed by atoms with Gasteiger partial charge in [-0.25, -0.2) is 0 Å². The van der Waals surface area contributed by atoms with E-state index in [9.17, 15) is 4.79 Å². The molecule has 0 aromatic heterocycles. The number of rotatable bonds is 5. The fourth-order valence-electron chi connectivity index (χ4n) is 2.46. The number of fused-ring (bicyclic) bond motifs is 1. The van der Waals surface area contributed by atoms with Gasteiger partial charge in [-0.1, -0.05) is 32.0 Å². The molecule has 19 heavy (non-hydrogen) atoms. The zero-order chi connectivity index (χ0) is 13.8. The van der Waals surface area contributed by atoms with Gasteiger partial charge in [0, 0.05) is 18.2 Å². The predicted molar refractivity (Wildman–Crippen MR) is 75.1 cm³/mol. The molecule has 4 nitrogen and oxygen atoms in total. The van der Waals surface area contributed by atoms with Crippen molar-refractivity contribution in [2.24, 2.45) is 11.7 Å². The molecular formula is C15H22N2O2. The number of carbonyl (C=O) groups is 1. The molecule has 0 bridgehead atoms. The summed E-state index contributed by atoms with van der Waals surface area (Å²) >= 11 is 0. The molecule has 0 aliphatic carbocycles. The molecule has 0 saturated heterocycles. The molecule has 2 atom stereocenters. The highest BCUT2D eigenvalue weighted by molar-refractivity contribution is 5.85. The zero-order valence-corrected chi connectivity index (χ0v) is 11.6. The Morgan fingerprint density at radius 2 is 2.21 bits per heavy atom. The maximum absolute atomic E-state index is 12.3. The molecule has 1 heterocycles. The summed E-state index contributed by atoms with van der Waals surface area (Å²) in [6, 6.07) is 7.74. The quantitative estimate of drug-likeness (QED) is 0.848. The van der Waals surface area contributed by atoms with Gasteiger partial charge in [-0.05, 0) is 18.4 Å². The monoisotopic (exact) mass is 262 g/mol. The normalized spacial score (nSPS) is 18.8. The van der Waals surface area contributed by atoms with Gasteiger partial charge in [-0.2, -0.15) is 0 Å². The van der Waals surface area contributed by atoms with E-state index in [2.05, 4.69) is 19.2 Å². The third-order valence-corrected chi connectivity index (χ3v) is 3.40. The summed E-state index contributed by atoms with van der Waals surface area (Å²) in [4.78, 5) is 12.3. The molecule has 1 amide bonds. The third kappa shape index (κ3) is 3.26. The molecule has 2 unspecified atom stereocenters. The molecule has 0 fully saturated rings. The number of hydrogen-bond donors (Lipinski definition) is 2. The number of hydrogen-bond acceptors (Lipinski definition) is 3. The van der Waals surface area contributed by atoms with Crippen LogP contribution in [0.4, 0.5) is 0 Å². The zero-order valence-electron chi connectivity index (χ0n) is 11.6. The van der Waals surface area contributed by atoms with Gasteiger partial charge in [-0.15, -0.1) is 0 Å². The number of ether oxygens (including phenoxy) is 1. The van der Waals surface area contributed by atoms with Crippen molar-refractivity contribution in [3.63, 3.8) is 0 Å². The van der Waals surface area contributed by atoms with Crippen LogP contribution in [0, 0.1) is 5.92 Å². The predicted octanol–water partition coefficient (Wildman–Crippen LogP) is 1.65. The average Bonchev–Trinajstić information content (AvgIpc) is 2.81. The highest BCUT2D eigenvalue weighted by Crippen LogP contribution is 2.33. The Morgan fingerprint density at radius 3 is 2.89 bits per heavy atom. The van der Waals surface area contributed by atoms with E-state index in [1.54, 1.807) is 0 Å². The fourth-order valence-corrected chi connectivity index (χ4v) is 2.46. The van der Waals surface area contributed by atoms with E-state index < -0.39 is 0 Å². The Kier molecular flexibility index (Phi) is 4.43. The van der Waals surface area contributed by atoms with Gasteiger partial charge in [0.15, 0.2) is 0 Å². The average molecular weight is 262 g/mol. The van der Waals surface area contributed by atoms with E-state index in [0.717, 1.165) is 17.7 Å². The summed E-state index contributed by atoms with van der Waals surface area (Å²) < 4.78 is 5.54. The van der Waals surface area contributed by atoms with Crippen LogP contribution in [0.2, 0.25) is 0 Å². The van der Waals surface area contributed by atoms with Crippen molar-refractivity contribution in [2.75, 3.05) is 13.2 Å². The molecule has 1 aliphatic heterocycles. The van der Waals surface area contributed by atoms with E-state index >= 15 is 0 Å². The second-order valence-corrected chi connectivity index (χ2v) is 5.47. The first-order valence-electron chi connectivity index (χ1n) is 6.84. The third-order valence-electron chi connectivity index (χ3n) is 3.40. The summed E-state index contributed by atoms with van der Waals surface area (Å²) in [5.74, 6) is 1.13. The molecule has 1 aromatic rings. The van der Waals surface area contributed by atoms with Crippen molar-refractivity contribution >= 4 is 5.91 Å². The van der Waals surface area contributed by atoms with Gasteiger partial charge in [0.1, 0.15) is 18.3 Å². The minimum absolute atomic E-state index is 0.0149. The van der Waals surface area contributed by atoms with Crippen LogP contribution in [0.5, 0.6) is 5.75 Å². The van der Waals surface area contributed by atoms with Gasteiger partial charge in [0.2, 0.25) is 5.91 Å². The molecule has 0 saturated carbocycles. The SMILES string of the molecule is CC(C)CC(CN)NC(=O)C1COc2ccccc21. The van der Waals surface area contributed by atoms with E-state index in [1.165, 1.54) is 0 Å². The van der Waals surface area contributed by atoms with Crippen molar-refractivity contribution < 1.29 is 9.53 Å². The van der Waals surface area contributed by atoms with E-state index in [4.69, 9.17) is 10.5 Å². The number of benzene rings is 1. The summed E-state index contributed by atoms with van der Waals surface area (Å²) in [5, 5.41) is 3.04. The van der Waals surface area contributed by atoms with Crippen LogP contribution in [-0.2, 0) is 4.79 Å². The maximum atomic E-state index is 12.3. The lowest BCUT2D eigenvalue weighted by molar-refractivity contribution is -0.123. The Morgan fingerprint density at radius 1 is 1.47 bits per heavy atom. The first-order chi connectivity index (χ1) is 9.11. The molecule has 0 radical (unpaired) electrons. The first kappa shape index (κ1) is 13.9. The van der Waals surface area contributed by atoms with Crippen LogP contribution in [0.1, 0.15) is 31.7 Å². The van der Waals surface area contributed by atoms with Crippen molar-refractivity contribution in [1.29, 1.82) is 0 Å². The minimum atomic E-state index is -0.211. The van der Waals surface area contributed by atoms with Crippen LogP contribution >= 0.6 is 0 Å². The van der Waals surface area contributed by atoms with E-state index in [0.29, 0.717) is 19.1 Å². The number of nitrogens with one attached hydrogen (secondary N) is 1. The smallest absolute Gasteiger partial charge is 0.231 e.